The molecule has 1 heterocycles. The van der Waals surface area contributed by atoms with Crippen LogP contribution in [0.1, 0.15) is 18.9 Å². The van der Waals surface area contributed by atoms with Crippen molar-refractivity contribution in [1.29, 1.82) is 0 Å². The number of fused-ring (bicyclic) bond motifs is 1. The molecule has 2 rings (SSSR count). The first-order valence-electron chi connectivity index (χ1n) is 6.90. The molecule has 1 aromatic rings. The highest BCUT2D eigenvalue weighted by molar-refractivity contribution is 5.55. The van der Waals surface area contributed by atoms with Crippen LogP contribution in [0.15, 0.2) is 24.3 Å². The lowest BCUT2D eigenvalue weighted by Gasteiger charge is -2.34. The minimum Gasteiger partial charge on any atom is -0.383 e. The molecule has 0 aromatic heterocycles. The SMILES string of the molecule is CCNC(COC)CN1CCCc2ccccc21. The predicted molar refractivity (Wildman–Crippen MR) is 76.3 cm³/mol. The maximum Gasteiger partial charge on any atom is 0.0633 e. The van der Waals surface area contributed by atoms with Crippen LogP contribution in [0.4, 0.5) is 5.69 Å². The number of ether oxygens (including phenoxy) is 1. The number of anilines is 1. The molecule has 0 amide bonds. The van der Waals surface area contributed by atoms with Crippen molar-refractivity contribution in [2.45, 2.75) is 25.8 Å². The van der Waals surface area contributed by atoms with Crippen molar-refractivity contribution in [3.05, 3.63) is 29.8 Å². The highest BCUT2D eigenvalue weighted by atomic mass is 16.5. The number of hydrogen-bond donors (Lipinski definition) is 1. The van der Waals surface area contributed by atoms with Crippen LogP contribution >= 0.6 is 0 Å². The molecule has 0 saturated heterocycles. The number of nitrogens with one attached hydrogen (secondary N) is 1. The second kappa shape index (κ2) is 6.76. The highest BCUT2D eigenvalue weighted by Gasteiger charge is 2.19. The summed E-state index contributed by atoms with van der Waals surface area (Å²) in [5.41, 5.74) is 2.89. The van der Waals surface area contributed by atoms with Crippen molar-refractivity contribution in [3.63, 3.8) is 0 Å². The van der Waals surface area contributed by atoms with E-state index in [9.17, 15) is 0 Å². The molecular formula is C15H24N2O. The number of aryl methyl sites for hydroxylation is 1. The van der Waals surface area contributed by atoms with Gasteiger partial charge in [-0.1, -0.05) is 25.1 Å². The van der Waals surface area contributed by atoms with Crippen LogP contribution < -0.4 is 10.2 Å². The lowest BCUT2D eigenvalue weighted by molar-refractivity contribution is 0.168. The summed E-state index contributed by atoms with van der Waals surface area (Å²) in [5, 5.41) is 3.49. The molecule has 0 aliphatic carbocycles. The van der Waals surface area contributed by atoms with Crippen molar-refractivity contribution in [2.24, 2.45) is 0 Å². The lowest BCUT2D eigenvalue weighted by atomic mass is 10.0. The second-order valence-electron chi connectivity index (χ2n) is 4.89. The van der Waals surface area contributed by atoms with Gasteiger partial charge in [0.1, 0.15) is 0 Å². The maximum absolute atomic E-state index is 5.30. The second-order valence-corrected chi connectivity index (χ2v) is 4.89. The fourth-order valence-corrected chi connectivity index (χ4v) is 2.73. The first-order chi connectivity index (χ1) is 8.85. The van der Waals surface area contributed by atoms with Gasteiger partial charge in [0.05, 0.1) is 6.61 Å². The van der Waals surface area contributed by atoms with Crippen molar-refractivity contribution in [2.75, 3.05) is 38.3 Å². The molecule has 1 aromatic carbocycles. The van der Waals surface area contributed by atoms with Crippen molar-refractivity contribution >= 4 is 5.69 Å². The van der Waals surface area contributed by atoms with Crippen molar-refractivity contribution in [3.8, 4) is 0 Å². The van der Waals surface area contributed by atoms with Gasteiger partial charge >= 0.3 is 0 Å². The molecule has 1 N–H and O–H groups in total. The van der Waals surface area contributed by atoms with E-state index in [1.54, 1.807) is 7.11 Å². The van der Waals surface area contributed by atoms with Gasteiger partial charge in [-0.05, 0) is 31.0 Å². The smallest absolute Gasteiger partial charge is 0.0633 e. The molecular weight excluding hydrogens is 224 g/mol. The summed E-state index contributed by atoms with van der Waals surface area (Å²) in [6, 6.07) is 9.17. The molecule has 3 heteroatoms. The monoisotopic (exact) mass is 248 g/mol. The first kappa shape index (κ1) is 13.4. The van der Waals surface area contributed by atoms with Gasteiger partial charge in [0, 0.05) is 31.9 Å². The number of rotatable bonds is 6. The molecule has 0 radical (unpaired) electrons. The minimum absolute atomic E-state index is 0.408. The van der Waals surface area contributed by atoms with Crippen LogP contribution in [0.2, 0.25) is 0 Å². The Morgan fingerprint density at radius 3 is 3.00 bits per heavy atom. The van der Waals surface area contributed by atoms with Gasteiger partial charge in [0.25, 0.3) is 0 Å². The van der Waals surface area contributed by atoms with Gasteiger partial charge in [-0.25, -0.2) is 0 Å². The van der Waals surface area contributed by atoms with E-state index in [0.717, 1.165) is 26.2 Å². The summed E-state index contributed by atoms with van der Waals surface area (Å²) >= 11 is 0. The van der Waals surface area contributed by atoms with E-state index < -0.39 is 0 Å². The van der Waals surface area contributed by atoms with E-state index in [-0.39, 0.29) is 0 Å². The Hall–Kier alpha value is -1.06. The van der Waals surface area contributed by atoms with Crippen LogP contribution in [0.3, 0.4) is 0 Å². The molecule has 0 fully saturated rings. The maximum atomic E-state index is 5.30. The third-order valence-corrected chi connectivity index (χ3v) is 3.51. The fourth-order valence-electron chi connectivity index (χ4n) is 2.73. The zero-order valence-corrected chi connectivity index (χ0v) is 11.5. The van der Waals surface area contributed by atoms with Gasteiger partial charge in [-0.2, -0.15) is 0 Å². The molecule has 0 bridgehead atoms. The lowest BCUT2D eigenvalue weighted by Crippen LogP contribution is -2.45. The highest BCUT2D eigenvalue weighted by Crippen LogP contribution is 2.26. The quantitative estimate of drug-likeness (QED) is 0.834. The molecule has 0 saturated carbocycles. The number of para-hydroxylation sites is 1. The topological polar surface area (TPSA) is 24.5 Å². The normalized spacial score (nSPS) is 16.4. The third kappa shape index (κ3) is 3.24. The average molecular weight is 248 g/mol. The first-order valence-corrected chi connectivity index (χ1v) is 6.90. The Morgan fingerprint density at radius 1 is 1.39 bits per heavy atom. The van der Waals surface area contributed by atoms with E-state index in [4.69, 9.17) is 4.74 Å². The zero-order valence-electron chi connectivity index (χ0n) is 11.5. The summed E-state index contributed by atoms with van der Waals surface area (Å²) in [6.07, 6.45) is 2.46. The standard InChI is InChI=1S/C15H24N2O/c1-3-16-14(12-18-2)11-17-10-6-8-13-7-4-5-9-15(13)17/h4-5,7,9,14,16H,3,6,8,10-12H2,1-2H3. The molecule has 1 atom stereocenters. The fraction of sp³-hybridized carbons (Fsp3) is 0.600. The molecule has 18 heavy (non-hydrogen) atoms. The summed E-state index contributed by atoms with van der Waals surface area (Å²) < 4.78 is 5.30. The van der Waals surface area contributed by atoms with Crippen molar-refractivity contribution in [1.82, 2.24) is 5.32 Å². The molecule has 1 unspecified atom stereocenters. The van der Waals surface area contributed by atoms with E-state index in [1.807, 2.05) is 0 Å². The van der Waals surface area contributed by atoms with E-state index in [0.29, 0.717) is 6.04 Å². The van der Waals surface area contributed by atoms with Crippen LogP contribution in [0.25, 0.3) is 0 Å². The average Bonchev–Trinajstić information content (AvgIpc) is 2.40. The molecule has 100 valence electrons. The summed E-state index contributed by atoms with van der Waals surface area (Å²) in [7, 11) is 1.77. The molecule has 0 spiro atoms. The van der Waals surface area contributed by atoms with E-state index in [1.165, 1.54) is 24.1 Å². The molecule has 1 aliphatic heterocycles. The molecule has 1 aliphatic rings. The number of benzene rings is 1. The van der Waals surface area contributed by atoms with Crippen LogP contribution in [0, 0.1) is 0 Å². The van der Waals surface area contributed by atoms with E-state index >= 15 is 0 Å². The molecule has 3 nitrogen and oxygen atoms in total. The number of nitrogens with zero attached hydrogens (tertiary/aromatic N) is 1. The van der Waals surface area contributed by atoms with Gasteiger partial charge in [0.2, 0.25) is 0 Å². The number of hydrogen-bond acceptors (Lipinski definition) is 3. The largest absolute Gasteiger partial charge is 0.383 e. The van der Waals surface area contributed by atoms with Gasteiger partial charge in [-0.15, -0.1) is 0 Å². The van der Waals surface area contributed by atoms with Crippen LogP contribution in [0.5, 0.6) is 0 Å². The Kier molecular flexibility index (Phi) is 5.02. The predicted octanol–water partition coefficient (Wildman–Crippen LogP) is 2.06. The summed E-state index contributed by atoms with van der Waals surface area (Å²) in [6.45, 7) is 6.09. The Bertz CT molecular complexity index is 361. The Morgan fingerprint density at radius 2 is 2.22 bits per heavy atom. The Labute approximate surface area is 110 Å². The van der Waals surface area contributed by atoms with Gasteiger partial charge in [-0.3, -0.25) is 0 Å². The number of likely N-dealkylation sites (N-methyl/N-ethyl adjacent to an activating group) is 1. The van der Waals surface area contributed by atoms with Crippen molar-refractivity contribution < 1.29 is 4.74 Å². The van der Waals surface area contributed by atoms with Crippen LogP contribution in [-0.2, 0) is 11.2 Å². The Balaban J connectivity index is 2.05. The number of methoxy groups -OCH3 is 1. The summed E-state index contributed by atoms with van der Waals surface area (Å²) in [5.74, 6) is 0. The van der Waals surface area contributed by atoms with E-state index in [2.05, 4.69) is 41.4 Å². The van der Waals surface area contributed by atoms with Crippen LogP contribution in [-0.4, -0.2) is 39.4 Å². The zero-order chi connectivity index (χ0) is 12.8. The van der Waals surface area contributed by atoms with Gasteiger partial charge in [0.15, 0.2) is 0 Å². The van der Waals surface area contributed by atoms with Gasteiger partial charge < -0.3 is 15.0 Å². The minimum atomic E-state index is 0.408. The third-order valence-electron chi connectivity index (χ3n) is 3.51. The summed E-state index contributed by atoms with van der Waals surface area (Å²) in [4.78, 5) is 2.49.